The van der Waals surface area contributed by atoms with Gasteiger partial charge in [0.25, 0.3) is 11.4 Å². The Morgan fingerprint density at radius 2 is 1.86 bits per heavy atom. The standard InChI is InChI=1S/C16H15N3O2/c1-11-6-8-13(9-7-11)10-19-14(4-3-5-15(19)20)16-17-12(2)18-21-16/h3-9H,10H2,1-2H3. The molecule has 0 fully saturated rings. The minimum absolute atomic E-state index is 0.0936. The minimum Gasteiger partial charge on any atom is -0.332 e. The third kappa shape index (κ3) is 2.76. The number of benzene rings is 1. The van der Waals surface area contributed by atoms with E-state index in [9.17, 15) is 4.79 Å². The number of aromatic nitrogens is 3. The Hall–Kier alpha value is -2.69. The van der Waals surface area contributed by atoms with Crippen LogP contribution in [0.1, 0.15) is 17.0 Å². The second-order valence-corrected chi connectivity index (χ2v) is 4.97. The predicted octanol–water partition coefficient (Wildman–Crippen LogP) is 2.56. The van der Waals surface area contributed by atoms with Crippen molar-refractivity contribution in [2.75, 3.05) is 0 Å². The molecule has 106 valence electrons. The topological polar surface area (TPSA) is 60.9 Å². The molecule has 3 rings (SSSR count). The Kier molecular flexibility index (Phi) is 3.39. The molecule has 3 aromatic rings. The largest absolute Gasteiger partial charge is 0.332 e. The Bertz CT molecular complexity index is 816. The quantitative estimate of drug-likeness (QED) is 0.740. The summed E-state index contributed by atoms with van der Waals surface area (Å²) in [5.41, 5.74) is 2.77. The minimum atomic E-state index is -0.0936. The van der Waals surface area contributed by atoms with Gasteiger partial charge in [-0.2, -0.15) is 4.98 Å². The van der Waals surface area contributed by atoms with Crippen LogP contribution in [0.3, 0.4) is 0 Å². The van der Waals surface area contributed by atoms with Gasteiger partial charge < -0.3 is 4.52 Å². The first kappa shape index (κ1) is 13.3. The number of aryl methyl sites for hydroxylation is 2. The molecule has 0 bridgehead atoms. The van der Waals surface area contributed by atoms with E-state index in [1.807, 2.05) is 37.3 Å². The first-order chi connectivity index (χ1) is 10.1. The van der Waals surface area contributed by atoms with Gasteiger partial charge in [-0.25, -0.2) is 0 Å². The first-order valence-electron chi connectivity index (χ1n) is 6.69. The SMILES string of the molecule is Cc1ccc(Cn2c(-c3nc(C)no3)cccc2=O)cc1. The number of rotatable bonds is 3. The average molecular weight is 281 g/mol. The Morgan fingerprint density at radius 3 is 2.52 bits per heavy atom. The average Bonchev–Trinajstić information content (AvgIpc) is 2.90. The predicted molar refractivity (Wildman–Crippen MR) is 79.0 cm³/mol. The van der Waals surface area contributed by atoms with E-state index in [2.05, 4.69) is 10.1 Å². The van der Waals surface area contributed by atoms with Gasteiger partial charge in [-0.05, 0) is 25.5 Å². The third-order valence-electron chi connectivity index (χ3n) is 3.26. The Labute approximate surface area is 121 Å². The molecule has 2 aromatic heterocycles. The lowest BCUT2D eigenvalue weighted by Crippen LogP contribution is -2.21. The maximum Gasteiger partial charge on any atom is 0.274 e. The lowest BCUT2D eigenvalue weighted by molar-refractivity contribution is 0.422. The number of pyridine rings is 1. The lowest BCUT2D eigenvalue weighted by atomic mass is 10.1. The zero-order valence-corrected chi connectivity index (χ0v) is 11.9. The van der Waals surface area contributed by atoms with Crippen LogP contribution in [0, 0.1) is 13.8 Å². The molecular formula is C16H15N3O2. The number of hydrogen-bond acceptors (Lipinski definition) is 4. The van der Waals surface area contributed by atoms with E-state index in [-0.39, 0.29) is 5.56 Å². The van der Waals surface area contributed by atoms with Crippen LogP contribution in [0.2, 0.25) is 0 Å². The molecule has 2 heterocycles. The van der Waals surface area contributed by atoms with Crippen molar-refractivity contribution in [3.63, 3.8) is 0 Å². The van der Waals surface area contributed by atoms with Gasteiger partial charge in [-0.1, -0.05) is 41.1 Å². The molecule has 5 nitrogen and oxygen atoms in total. The fourth-order valence-electron chi connectivity index (χ4n) is 2.15. The second kappa shape index (κ2) is 5.36. The van der Waals surface area contributed by atoms with Crippen LogP contribution < -0.4 is 5.56 Å². The van der Waals surface area contributed by atoms with E-state index >= 15 is 0 Å². The van der Waals surface area contributed by atoms with E-state index in [1.165, 1.54) is 11.6 Å². The molecule has 0 aliphatic rings. The molecule has 0 saturated heterocycles. The van der Waals surface area contributed by atoms with Gasteiger partial charge in [0.15, 0.2) is 5.82 Å². The summed E-state index contributed by atoms with van der Waals surface area (Å²) in [6.07, 6.45) is 0. The molecule has 0 aliphatic heterocycles. The molecule has 0 atom stereocenters. The smallest absolute Gasteiger partial charge is 0.274 e. The van der Waals surface area contributed by atoms with Crippen LogP contribution in [0.5, 0.6) is 0 Å². The molecule has 21 heavy (non-hydrogen) atoms. The van der Waals surface area contributed by atoms with Gasteiger partial charge in [0, 0.05) is 6.07 Å². The van der Waals surface area contributed by atoms with Crippen LogP contribution in [-0.4, -0.2) is 14.7 Å². The summed E-state index contributed by atoms with van der Waals surface area (Å²) in [4.78, 5) is 16.4. The highest BCUT2D eigenvalue weighted by Crippen LogP contribution is 2.16. The Balaban J connectivity index is 2.05. The highest BCUT2D eigenvalue weighted by molar-refractivity contribution is 5.47. The first-order valence-corrected chi connectivity index (χ1v) is 6.69. The molecule has 0 saturated carbocycles. The van der Waals surface area contributed by atoms with E-state index in [0.717, 1.165) is 5.56 Å². The lowest BCUT2D eigenvalue weighted by Gasteiger charge is -2.10. The number of hydrogen-bond donors (Lipinski definition) is 0. The van der Waals surface area contributed by atoms with Gasteiger partial charge in [-0.3, -0.25) is 9.36 Å². The maximum absolute atomic E-state index is 12.2. The van der Waals surface area contributed by atoms with E-state index < -0.39 is 0 Å². The molecule has 0 radical (unpaired) electrons. The monoisotopic (exact) mass is 281 g/mol. The van der Waals surface area contributed by atoms with Gasteiger partial charge in [0.1, 0.15) is 5.69 Å². The molecule has 0 spiro atoms. The van der Waals surface area contributed by atoms with Crippen molar-refractivity contribution < 1.29 is 4.52 Å². The molecular weight excluding hydrogens is 266 g/mol. The summed E-state index contributed by atoms with van der Waals surface area (Å²) >= 11 is 0. The summed E-state index contributed by atoms with van der Waals surface area (Å²) in [7, 11) is 0. The van der Waals surface area contributed by atoms with Crippen molar-refractivity contribution in [1.82, 2.24) is 14.7 Å². The highest BCUT2D eigenvalue weighted by atomic mass is 16.5. The summed E-state index contributed by atoms with van der Waals surface area (Å²) in [5.74, 6) is 0.903. The molecule has 5 heteroatoms. The molecule has 1 aromatic carbocycles. The molecule has 0 unspecified atom stereocenters. The zero-order valence-electron chi connectivity index (χ0n) is 11.9. The summed E-state index contributed by atoms with van der Waals surface area (Å²) in [5, 5.41) is 3.78. The zero-order chi connectivity index (χ0) is 14.8. The normalized spacial score (nSPS) is 10.8. The van der Waals surface area contributed by atoms with Crippen LogP contribution in [0.25, 0.3) is 11.6 Å². The van der Waals surface area contributed by atoms with Crippen molar-refractivity contribution >= 4 is 0 Å². The fraction of sp³-hybridized carbons (Fsp3) is 0.188. The van der Waals surface area contributed by atoms with Crippen molar-refractivity contribution in [3.05, 3.63) is 69.8 Å². The molecule has 0 aliphatic carbocycles. The van der Waals surface area contributed by atoms with Gasteiger partial charge in [0.05, 0.1) is 6.54 Å². The summed E-state index contributed by atoms with van der Waals surface area (Å²) < 4.78 is 6.82. The maximum atomic E-state index is 12.2. The Morgan fingerprint density at radius 1 is 1.10 bits per heavy atom. The molecule has 0 amide bonds. The van der Waals surface area contributed by atoms with E-state index in [1.54, 1.807) is 17.6 Å². The van der Waals surface area contributed by atoms with Gasteiger partial charge in [-0.15, -0.1) is 0 Å². The van der Waals surface area contributed by atoms with Crippen LogP contribution in [0.15, 0.2) is 51.8 Å². The second-order valence-electron chi connectivity index (χ2n) is 4.97. The summed E-state index contributed by atoms with van der Waals surface area (Å²) in [6, 6.07) is 13.1. The van der Waals surface area contributed by atoms with Crippen LogP contribution in [-0.2, 0) is 6.54 Å². The van der Waals surface area contributed by atoms with E-state index in [4.69, 9.17) is 4.52 Å². The van der Waals surface area contributed by atoms with Crippen molar-refractivity contribution in [2.24, 2.45) is 0 Å². The summed E-state index contributed by atoms with van der Waals surface area (Å²) in [6.45, 7) is 4.25. The van der Waals surface area contributed by atoms with Crippen molar-refractivity contribution in [3.8, 4) is 11.6 Å². The van der Waals surface area contributed by atoms with Crippen LogP contribution >= 0.6 is 0 Å². The number of nitrogens with zero attached hydrogens (tertiary/aromatic N) is 3. The van der Waals surface area contributed by atoms with Crippen LogP contribution in [0.4, 0.5) is 0 Å². The fourth-order valence-corrected chi connectivity index (χ4v) is 2.15. The highest BCUT2D eigenvalue weighted by Gasteiger charge is 2.12. The molecule has 0 N–H and O–H groups in total. The van der Waals surface area contributed by atoms with Crippen molar-refractivity contribution in [1.29, 1.82) is 0 Å². The van der Waals surface area contributed by atoms with Gasteiger partial charge in [0.2, 0.25) is 0 Å². The van der Waals surface area contributed by atoms with Gasteiger partial charge >= 0.3 is 0 Å². The third-order valence-corrected chi connectivity index (χ3v) is 3.26. The van der Waals surface area contributed by atoms with E-state index in [0.29, 0.717) is 24.0 Å². The van der Waals surface area contributed by atoms with Crippen molar-refractivity contribution in [2.45, 2.75) is 20.4 Å².